The van der Waals surface area contributed by atoms with E-state index < -0.39 is 5.91 Å². The number of anilines is 1. The van der Waals surface area contributed by atoms with Gasteiger partial charge in [0.2, 0.25) is 5.88 Å². The zero-order valence-electron chi connectivity index (χ0n) is 10.8. The van der Waals surface area contributed by atoms with E-state index >= 15 is 0 Å². The number of hydrogen-bond donors (Lipinski definition) is 2. The number of benzene rings is 1. The quantitative estimate of drug-likeness (QED) is 0.850. The van der Waals surface area contributed by atoms with Gasteiger partial charge >= 0.3 is 0 Å². The fourth-order valence-corrected chi connectivity index (χ4v) is 1.76. The van der Waals surface area contributed by atoms with Gasteiger partial charge in [-0.2, -0.15) is 0 Å². The van der Waals surface area contributed by atoms with Crippen molar-refractivity contribution in [2.24, 2.45) is 0 Å². The lowest BCUT2D eigenvalue weighted by atomic mass is 10.2. The molecule has 1 aromatic heterocycles. The first-order valence-corrected chi connectivity index (χ1v) is 6.38. The first kappa shape index (κ1) is 14.1. The molecule has 0 radical (unpaired) electrons. The monoisotopic (exact) mass is 292 g/mol. The minimum Gasteiger partial charge on any atom is -0.506 e. The summed E-state index contributed by atoms with van der Waals surface area (Å²) < 4.78 is 5.23. The van der Waals surface area contributed by atoms with Crippen LogP contribution in [0.25, 0.3) is 0 Å². The number of aromatic hydroxyl groups is 1. The summed E-state index contributed by atoms with van der Waals surface area (Å²) in [6, 6.07) is 9.53. The molecule has 0 fully saturated rings. The molecule has 0 bridgehead atoms. The molecule has 104 valence electrons. The number of phenols is 1. The van der Waals surface area contributed by atoms with E-state index in [0.29, 0.717) is 12.5 Å². The Morgan fingerprint density at radius 3 is 2.80 bits per heavy atom. The second-order valence-electron chi connectivity index (χ2n) is 3.88. The van der Waals surface area contributed by atoms with Gasteiger partial charge in [0, 0.05) is 6.07 Å². The van der Waals surface area contributed by atoms with E-state index in [4.69, 9.17) is 16.3 Å². The topological polar surface area (TPSA) is 71.5 Å². The first-order valence-electron chi connectivity index (χ1n) is 6.00. The fraction of sp³-hybridized carbons (Fsp3) is 0.143. The van der Waals surface area contributed by atoms with Crippen LogP contribution >= 0.6 is 11.6 Å². The average molecular weight is 293 g/mol. The van der Waals surface area contributed by atoms with E-state index in [2.05, 4.69) is 10.3 Å². The maximum absolute atomic E-state index is 12.1. The Kier molecular flexibility index (Phi) is 4.42. The van der Waals surface area contributed by atoms with E-state index in [9.17, 15) is 9.90 Å². The van der Waals surface area contributed by atoms with Crippen molar-refractivity contribution in [2.45, 2.75) is 6.92 Å². The summed E-state index contributed by atoms with van der Waals surface area (Å²) in [5.41, 5.74) is 0.332. The third-order valence-corrected chi connectivity index (χ3v) is 2.78. The van der Waals surface area contributed by atoms with Crippen molar-refractivity contribution in [3.8, 4) is 11.6 Å². The van der Waals surface area contributed by atoms with Gasteiger partial charge in [0.1, 0.15) is 5.75 Å². The summed E-state index contributed by atoms with van der Waals surface area (Å²) in [7, 11) is 0. The van der Waals surface area contributed by atoms with Gasteiger partial charge in [0.15, 0.2) is 5.69 Å². The standard InChI is InChI=1S/C14H13ClN2O3/c1-2-20-12-8-7-9(15)13(17-12)14(19)16-10-5-3-4-6-11(10)18/h3-8,18H,2H2,1H3,(H,16,19). The number of pyridine rings is 1. The van der Waals surface area contributed by atoms with Crippen LogP contribution in [0.3, 0.4) is 0 Å². The van der Waals surface area contributed by atoms with Crippen LogP contribution in [0.4, 0.5) is 5.69 Å². The Balaban J connectivity index is 2.25. The van der Waals surface area contributed by atoms with Gasteiger partial charge in [0.05, 0.1) is 17.3 Å². The van der Waals surface area contributed by atoms with Crippen LogP contribution in [0, 0.1) is 0 Å². The third kappa shape index (κ3) is 3.19. The van der Waals surface area contributed by atoms with E-state index in [0.717, 1.165) is 0 Å². The second-order valence-corrected chi connectivity index (χ2v) is 4.29. The zero-order valence-corrected chi connectivity index (χ0v) is 11.5. The fourth-order valence-electron chi connectivity index (χ4n) is 1.57. The van der Waals surface area contributed by atoms with Gasteiger partial charge in [-0.3, -0.25) is 4.79 Å². The van der Waals surface area contributed by atoms with Gasteiger partial charge < -0.3 is 15.2 Å². The highest BCUT2D eigenvalue weighted by molar-refractivity contribution is 6.34. The number of ether oxygens (including phenoxy) is 1. The molecule has 0 aliphatic heterocycles. The molecule has 0 aliphatic rings. The Morgan fingerprint density at radius 2 is 2.10 bits per heavy atom. The van der Waals surface area contributed by atoms with Crippen LogP contribution in [0.5, 0.6) is 11.6 Å². The molecule has 5 nitrogen and oxygen atoms in total. The predicted octanol–water partition coefficient (Wildman–Crippen LogP) is 3.09. The molecule has 0 aliphatic carbocycles. The summed E-state index contributed by atoms with van der Waals surface area (Å²) in [6.45, 7) is 2.26. The van der Waals surface area contributed by atoms with Gasteiger partial charge in [-0.15, -0.1) is 0 Å². The smallest absolute Gasteiger partial charge is 0.276 e. The van der Waals surface area contributed by atoms with Crippen LogP contribution in [-0.2, 0) is 0 Å². The minimum absolute atomic E-state index is 0.0297. The summed E-state index contributed by atoms with van der Waals surface area (Å²) in [5, 5.41) is 12.4. The van der Waals surface area contributed by atoms with E-state index in [1.165, 1.54) is 6.07 Å². The summed E-state index contributed by atoms with van der Waals surface area (Å²) in [5.74, 6) is -0.227. The van der Waals surface area contributed by atoms with E-state index in [1.807, 2.05) is 6.92 Å². The van der Waals surface area contributed by atoms with Crippen molar-refractivity contribution < 1.29 is 14.6 Å². The molecule has 1 amide bonds. The van der Waals surface area contributed by atoms with Crippen LogP contribution in [0.2, 0.25) is 5.02 Å². The van der Waals surface area contributed by atoms with Gasteiger partial charge in [-0.05, 0) is 25.1 Å². The van der Waals surface area contributed by atoms with Crippen molar-refractivity contribution in [3.63, 3.8) is 0 Å². The number of carbonyl (C=O) groups excluding carboxylic acids is 1. The Labute approximate surface area is 121 Å². The number of nitrogens with one attached hydrogen (secondary N) is 1. The number of para-hydroxylation sites is 2. The van der Waals surface area contributed by atoms with E-state index in [1.54, 1.807) is 30.3 Å². The molecule has 6 heteroatoms. The lowest BCUT2D eigenvalue weighted by molar-refractivity contribution is 0.102. The summed E-state index contributed by atoms with van der Waals surface area (Å²) in [6.07, 6.45) is 0. The highest BCUT2D eigenvalue weighted by Crippen LogP contribution is 2.24. The Hall–Kier alpha value is -2.27. The van der Waals surface area contributed by atoms with Crippen LogP contribution in [0.1, 0.15) is 17.4 Å². The van der Waals surface area contributed by atoms with Crippen molar-refractivity contribution in [3.05, 3.63) is 47.1 Å². The normalized spacial score (nSPS) is 10.1. The van der Waals surface area contributed by atoms with Gasteiger partial charge in [0.25, 0.3) is 5.91 Å². The molecule has 0 saturated heterocycles. The molecule has 20 heavy (non-hydrogen) atoms. The maximum Gasteiger partial charge on any atom is 0.276 e. The number of halogens is 1. The number of aromatic nitrogens is 1. The molecule has 2 aromatic rings. The number of nitrogens with zero attached hydrogens (tertiary/aromatic N) is 1. The third-order valence-electron chi connectivity index (χ3n) is 2.48. The largest absolute Gasteiger partial charge is 0.506 e. The van der Waals surface area contributed by atoms with Crippen molar-refractivity contribution in [1.29, 1.82) is 0 Å². The van der Waals surface area contributed by atoms with Gasteiger partial charge in [-0.25, -0.2) is 4.98 Å². The number of amides is 1. The highest BCUT2D eigenvalue weighted by atomic mass is 35.5. The molecule has 0 unspecified atom stereocenters. The highest BCUT2D eigenvalue weighted by Gasteiger charge is 2.15. The summed E-state index contributed by atoms with van der Waals surface area (Å²) >= 11 is 5.96. The van der Waals surface area contributed by atoms with Crippen LogP contribution in [-0.4, -0.2) is 22.6 Å². The SMILES string of the molecule is CCOc1ccc(Cl)c(C(=O)Nc2ccccc2O)n1. The molecule has 1 aromatic carbocycles. The number of hydrogen-bond acceptors (Lipinski definition) is 4. The molecular weight excluding hydrogens is 280 g/mol. The maximum atomic E-state index is 12.1. The van der Waals surface area contributed by atoms with Crippen molar-refractivity contribution in [1.82, 2.24) is 4.98 Å². The number of phenolic OH excluding ortho intramolecular Hbond substituents is 1. The zero-order chi connectivity index (χ0) is 14.5. The predicted molar refractivity (Wildman–Crippen MR) is 76.5 cm³/mol. The molecule has 0 atom stereocenters. The van der Waals surface area contributed by atoms with E-state index in [-0.39, 0.29) is 22.2 Å². The van der Waals surface area contributed by atoms with Gasteiger partial charge in [-0.1, -0.05) is 23.7 Å². The van der Waals surface area contributed by atoms with Crippen LogP contribution < -0.4 is 10.1 Å². The molecular formula is C14H13ClN2O3. The lowest BCUT2D eigenvalue weighted by Gasteiger charge is -2.09. The first-order chi connectivity index (χ1) is 9.61. The van der Waals surface area contributed by atoms with Crippen LogP contribution in [0.15, 0.2) is 36.4 Å². The molecule has 0 spiro atoms. The molecule has 2 N–H and O–H groups in total. The Bertz CT molecular complexity index is 632. The molecule has 1 heterocycles. The van der Waals surface area contributed by atoms with Crippen molar-refractivity contribution in [2.75, 3.05) is 11.9 Å². The minimum atomic E-state index is -0.516. The molecule has 0 saturated carbocycles. The second kappa shape index (κ2) is 6.25. The lowest BCUT2D eigenvalue weighted by Crippen LogP contribution is -2.15. The van der Waals surface area contributed by atoms with Crippen molar-refractivity contribution >= 4 is 23.2 Å². The molecule has 2 rings (SSSR count). The Morgan fingerprint density at radius 1 is 1.35 bits per heavy atom. The number of carbonyl (C=O) groups is 1. The number of rotatable bonds is 4. The summed E-state index contributed by atoms with van der Waals surface area (Å²) in [4.78, 5) is 16.2. The average Bonchev–Trinajstić information content (AvgIpc) is 2.43.